The van der Waals surface area contributed by atoms with Crippen molar-refractivity contribution in [3.05, 3.63) is 65.2 Å². The molecule has 0 aliphatic rings. The molecule has 0 saturated heterocycles. The molecule has 1 amide bonds. The van der Waals surface area contributed by atoms with Crippen molar-refractivity contribution in [2.75, 3.05) is 17.6 Å². The maximum absolute atomic E-state index is 12.1. The molecular formula is C20H24N2O5S. The first-order valence-corrected chi connectivity index (χ1v) is 10.7. The highest BCUT2D eigenvalue weighted by Gasteiger charge is 2.14. The van der Waals surface area contributed by atoms with Gasteiger partial charge in [0.1, 0.15) is 0 Å². The maximum atomic E-state index is 12.1. The van der Waals surface area contributed by atoms with Gasteiger partial charge in [-0.2, -0.15) is 0 Å². The van der Waals surface area contributed by atoms with Gasteiger partial charge in [-0.05, 0) is 42.7 Å². The fourth-order valence-electron chi connectivity index (χ4n) is 2.55. The van der Waals surface area contributed by atoms with E-state index in [1.54, 1.807) is 0 Å². The summed E-state index contributed by atoms with van der Waals surface area (Å²) in [6, 6.07) is 13.6. The molecule has 0 saturated carbocycles. The Labute approximate surface area is 165 Å². The van der Waals surface area contributed by atoms with E-state index in [-0.39, 0.29) is 17.3 Å². The van der Waals surface area contributed by atoms with E-state index in [9.17, 15) is 18.0 Å². The minimum Gasteiger partial charge on any atom is -0.452 e. The zero-order chi connectivity index (χ0) is 20.7. The Balaban J connectivity index is 1.89. The second kappa shape index (κ2) is 9.36. The van der Waals surface area contributed by atoms with Gasteiger partial charge in [-0.25, -0.2) is 13.2 Å². The third-order valence-electron chi connectivity index (χ3n) is 4.00. The number of hydrogen-bond acceptors (Lipinski definition) is 5. The second-order valence-corrected chi connectivity index (χ2v) is 8.16. The predicted octanol–water partition coefficient (Wildman–Crippen LogP) is 2.65. The Morgan fingerprint density at radius 1 is 1.11 bits per heavy atom. The first kappa shape index (κ1) is 21.4. The van der Waals surface area contributed by atoms with E-state index in [1.807, 2.05) is 31.2 Å². The highest BCUT2D eigenvalue weighted by atomic mass is 32.2. The fourth-order valence-corrected chi connectivity index (χ4v) is 3.10. The summed E-state index contributed by atoms with van der Waals surface area (Å²) in [5.41, 5.74) is 2.55. The number of amides is 1. The lowest BCUT2D eigenvalue weighted by molar-refractivity contribution is -0.124. The number of esters is 1. The molecule has 1 atom stereocenters. The van der Waals surface area contributed by atoms with Gasteiger partial charge in [-0.1, -0.05) is 37.3 Å². The zero-order valence-corrected chi connectivity index (χ0v) is 16.9. The topological polar surface area (TPSA) is 102 Å². The van der Waals surface area contributed by atoms with Gasteiger partial charge in [0.15, 0.2) is 6.61 Å². The van der Waals surface area contributed by atoms with Gasteiger partial charge in [0, 0.05) is 5.69 Å². The summed E-state index contributed by atoms with van der Waals surface area (Å²) in [6.45, 7) is 3.49. The van der Waals surface area contributed by atoms with Crippen LogP contribution >= 0.6 is 0 Å². The molecule has 0 bridgehead atoms. The third-order valence-corrected chi connectivity index (χ3v) is 4.61. The van der Waals surface area contributed by atoms with Crippen molar-refractivity contribution in [2.45, 2.75) is 26.3 Å². The molecule has 2 aromatic carbocycles. The monoisotopic (exact) mass is 404 g/mol. The van der Waals surface area contributed by atoms with Crippen LogP contribution in [0.1, 0.15) is 41.4 Å². The summed E-state index contributed by atoms with van der Waals surface area (Å²) in [5.74, 6) is -1.14. The van der Waals surface area contributed by atoms with E-state index >= 15 is 0 Å². The highest BCUT2D eigenvalue weighted by Crippen LogP contribution is 2.15. The number of benzene rings is 2. The molecule has 2 N–H and O–H groups in total. The molecule has 0 aliphatic carbocycles. The lowest BCUT2D eigenvalue weighted by Gasteiger charge is -2.15. The van der Waals surface area contributed by atoms with Crippen LogP contribution in [0.5, 0.6) is 0 Å². The first-order chi connectivity index (χ1) is 13.2. The molecule has 0 heterocycles. The van der Waals surface area contributed by atoms with Crippen LogP contribution < -0.4 is 10.0 Å². The smallest absolute Gasteiger partial charge is 0.338 e. The zero-order valence-electron chi connectivity index (χ0n) is 16.1. The largest absolute Gasteiger partial charge is 0.452 e. The van der Waals surface area contributed by atoms with E-state index in [1.165, 1.54) is 29.8 Å². The van der Waals surface area contributed by atoms with Crippen molar-refractivity contribution in [1.82, 2.24) is 5.32 Å². The van der Waals surface area contributed by atoms with Crippen LogP contribution in [-0.2, 0) is 26.0 Å². The van der Waals surface area contributed by atoms with Gasteiger partial charge in [0.2, 0.25) is 10.0 Å². The van der Waals surface area contributed by atoms with Crippen molar-refractivity contribution < 1.29 is 22.7 Å². The van der Waals surface area contributed by atoms with Crippen molar-refractivity contribution >= 4 is 27.6 Å². The molecule has 0 fully saturated rings. The molecule has 8 heteroatoms. The van der Waals surface area contributed by atoms with Gasteiger partial charge in [0.05, 0.1) is 17.9 Å². The maximum Gasteiger partial charge on any atom is 0.338 e. The normalized spacial score (nSPS) is 12.1. The van der Waals surface area contributed by atoms with E-state index in [0.717, 1.165) is 18.2 Å². The molecule has 28 heavy (non-hydrogen) atoms. The number of aryl methyl sites for hydroxylation is 1. The quantitative estimate of drug-likeness (QED) is 0.659. The number of anilines is 1. The predicted molar refractivity (Wildman–Crippen MR) is 108 cm³/mol. The van der Waals surface area contributed by atoms with Crippen molar-refractivity contribution in [1.29, 1.82) is 0 Å². The third kappa shape index (κ3) is 6.70. The summed E-state index contributed by atoms with van der Waals surface area (Å²) in [7, 11) is -3.46. The Morgan fingerprint density at radius 3 is 2.39 bits per heavy atom. The Kier molecular flexibility index (Phi) is 7.17. The SMILES string of the molecule is CCc1ccc(C(C)NC(=O)COC(=O)c2cccc(NS(C)(=O)=O)c2)cc1. The van der Waals surface area contributed by atoms with Gasteiger partial charge >= 0.3 is 5.97 Å². The Bertz CT molecular complexity index is 939. The van der Waals surface area contributed by atoms with E-state index < -0.39 is 28.5 Å². The highest BCUT2D eigenvalue weighted by molar-refractivity contribution is 7.92. The van der Waals surface area contributed by atoms with Crippen molar-refractivity contribution in [3.8, 4) is 0 Å². The van der Waals surface area contributed by atoms with Crippen LogP contribution in [0.15, 0.2) is 48.5 Å². The van der Waals surface area contributed by atoms with E-state index in [4.69, 9.17) is 4.74 Å². The molecule has 2 rings (SSSR count). The molecule has 0 radical (unpaired) electrons. The summed E-state index contributed by atoms with van der Waals surface area (Å²) in [5, 5.41) is 2.78. The van der Waals surface area contributed by atoms with Crippen LogP contribution in [0.25, 0.3) is 0 Å². The molecule has 7 nitrogen and oxygen atoms in total. The van der Waals surface area contributed by atoms with Crippen LogP contribution in [0.2, 0.25) is 0 Å². The summed E-state index contributed by atoms with van der Waals surface area (Å²) in [6.07, 6.45) is 1.96. The van der Waals surface area contributed by atoms with Crippen LogP contribution in [0.4, 0.5) is 5.69 Å². The number of nitrogens with one attached hydrogen (secondary N) is 2. The molecule has 1 unspecified atom stereocenters. The molecule has 0 spiro atoms. The average molecular weight is 404 g/mol. The van der Waals surface area contributed by atoms with Crippen LogP contribution in [0.3, 0.4) is 0 Å². The number of rotatable bonds is 8. The van der Waals surface area contributed by atoms with Gasteiger partial charge in [-0.3, -0.25) is 9.52 Å². The van der Waals surface area contributed by atoms with Crippen molar-refractivity contribution in [3.63, 3.8) is 0 Å². The second-order valence-electron chi connectivity index (χ2n) is 6.42. The van der Waals surface area contributed by atoms with Gasteiger partial charge in [0.25, 0.3) is 5.91 Å². The number of carbonyl (C=O) groups is 2. The molecule has 0 aliphatic heterocycles. The van der Waals surface area contributed by atoms with Gasteiger partial charge in [-0.15, -0.1) is 0 Å². The lowest BCUT2D eigenvalue weighted by atomic mass is 10.1. The Hall–Kier alpha value is -2.87. The molecule has 150 valence electrons. The molecular weight excluding hydrogens is 380 g/mol. The van der Waals surface area contributed by atoms with Gasteiger partial charge < -0.3 is 10.1 Å². The summed E-state index contributed by atoms with van der Waals surface area (Å²) < 4.78 is 29.8. The standard InChI is InChI=1S/C20H24N2O5S/c1-4-15-8-10-16(11-9-15)14(2)21-19(23)13-27-20(24)17-6-5-7-18(12-17)22-28(3,25)26/h5-12,14,22H,4,13H2,1-3H3,(H,21,23). The van der Waals surface area contributed by atoms with Crippen LogP contribution in [0, 0.1) is 0 Å². The summed E-state index contributed by atoms with van der Waals surface area (Å²) in [4.78, 5) is 24.2. The van der Waals surface area contributed by atoms with Crippen molar-refractivity contribution in [2.24, 2.45) is 0 Å². The number of ether oxygens (including phenoxy) is 1. The molecule has 0 aromatic heterocycles. The average Bonchev–Trinajstić information content (AvgIpc) is 2.65. The minimum atomic E-state index is -3.46. The summed E-state index contributed by atoms with van der Waals surface area (Å²) >= 11 is 0. The molecule has 2 aromatic rings. The number of hydrogen-bond donors (Lipinski definition) is 2. The first-order valence-electron chi connectivity index (χ1n) is 8.81. The number of sulfonamides is 1. The van der Waals surface area contributed by atoms with Crippen LogP contribution in [-0.4, -0.2) is 33.2 Å². The minimum absolute atomic E-state index is 0.143. The van der Waals surface area contributed by atoms with E-state index in [2.05, 4.69) is 17.0 Å². The number of carbonyl (C=O) groups excluding carboxylic acids is 2. The fraction of sp³-hybridized carbons (Fsp3) is 0.300. The lowest BCUT2D eigenvalue weighted by Crippen LogP contribution is -2.31. The van der Waals surface area contributed by atoms with E-state index in [0.29, 0.717) is 0 Å². The Morgan fingerprint density at radius 2 is 1.79 bits per heavy atom.